The fourth-order valence-electron chi connectivity index (χ4n) is 4.83. The van der Waals surface area contributed by atoms with Gasteiger partial charge in [0, 0.05) is 18.5 Å². The first kappa shape index (κ1) is 23.8. The summed E-state index contributed by atoms with van der Waals surface area (Å²) in [6.45, 7) is -0.00926. The van der Waals surface area contributed by atoms with Crippen LogP contribution in [0.3, 0.4) is 0 Å². The van der Waals surface area contributed by atoms with Crippen molar-refractivity contribution in [3.05, 3.63) is 69.8 Å². The number of methoxy groups -OCH3 is 1. The van der Waals surface area contributed by atoms with Crippen molar-refractivity contribution >= 4 is 27.6 Å². The van der Waals surface area contributed by atoms with Gasteiger partial charge in [0.1, 0.15) is 11.6 Å². The molecular weight excluding hydrogens is 462 g/mol. The minimum Gasteiger partial charge on any atom is -0.467 e. The Kier molecular flexibility index (Phi) is 6.41. The second-order valence-corrected chi connectivity index (χ2v) is 10.2. The number of β-lactam (4-membered cyclic amide) rings is 1. The molecule has 10 nitrogen and oxygen atoms in total. The van der Waals surface area contributed by atoms with Gasteiger partial charge in [-0.25, -0.2) is 13.2 Å². The number of ether oxygens (including phenoxy) is 1. The van der Waals surface area contributed by atoms with Crippen molar-refractivity contribution in [3.63, 3.8) is 0 Å². The Bertz CT molecular complexity index is 1220. The smallest absolute Gasteiger partial charge is 0.331 e. The molecular formula is C23H25N3O7S. The van der Waals surface area contributed by atoms with Crippen molar-refractivity contribution in [2.75, 3.05) is 13.7 Å². The maximum Gasteiger partial charge on any atom is 0.331 e. The molecule has 1 aliphatic heterocycles. The number of nitrogens with zero attached hydrogens (tertiary/aromatic N) is 2. The molecule has 1 saturated carbocycles. The molecule has 34 heavy (non-hydrogen) atoms. The molecule has 4 rings (SSSR count). The number of hydrogen-bond donors (Lipinski definition) is 1. The molecule has 2 fully saturated rings. The predicted molar refractivity (Wildman–Crippen MR) is 121 cm³/mol. The molecule has 0 unspecified atom stereocenters. The van der Waals surface area contributed by atoms with Gasteiger partial charge in [0.2, 0.25) is 15.9 Å². The quantitative estimate of drug-likeness (QED) is 0.261. The lowest BCUT2D eigenvalue weighted by Gasteiger charge is -2.48. The molecule has 1 N–H and O–H groups in total. The SMILES string of the molecule is COC(=O)C1(N2C[C@H](NS(=O)(=O)c3cccc(Cc4ccccc4)c3[N+](=O)[O-])C2=O)CCCC1. The van der Waals surface area contributed by atoms with Gasteiger partial charge in [-0.3, -0.25) is 14.9 Å². The number of rotatable bonds is 8. The van der Waals surface area contributed by atoms with E-state index in [2.05, 4.69) is 4.72 Å². The van der Waals surface area contributed by atoms with Crippen molar-refractivity contribution in [2.45, 2.75) is 48.6 Å². The molecule has 1 aliphatic carbocycles. The predicted octanol–water partition coefficient (Wildman–Crippen LogP) is 2.16. The summed E-state index contributed by atoms with van der Waals surface area (Å²) in [5, 5.41) is 11.9. The largest absolute Gasteiger partial charge is 0.467 e. The Hall–Kier alpha value is -3.31. The molecule has 0 radical (unpaired) electrons. The summed E-state index contributed by atoms with van der Waals surface area (Å²) < 4.78 is 33.5. The zero-order chi connectivity index (χ0) is 24.5. The van der Waals surface area contributed by atoms with E-state index in [1.54, 1.807) is 24.3 Å². The van der Waals surface area contributed by atoms with Crippen LogP contribution in [0.5, 0.6) is 0 Å². The van der Waals surface area contributed by atoms with Crippen molar-refractivity contribution in [3.8, 4) is 0 Å². The van der Waals surface area contributed by atoms with Crippen LogP contribution in [0.15, 0.2) is 53.4 Å². The molecule has 0 aromatic heterocycles. The van der Waals surface area contributed by atoms with Crippen molar-refractivity contribution in [2.24, 2.45) is 0 Å². The lowest BCUT2D eigenvalue weighted by Crippen LogP contribution is -2.72. The third-order valence-electron chi connectivity index (χ3n) is 6.53. The molecule has 2 aromatic carbocycles. The lowest BCUT2D eigenvalue weighted by atomic mass is 9.89. The van der Waals surface area contributed by atoms with Crippen LogP contribution in [0.2, 0.25) is 0 Å². The maximum absolute atomic E-state index is 13.1. The summed E-state index contributed by atoms with van der Waals surface area (Å²) in [7, 11) is -3.13. The number of amides is 1. The summed E-state index contributed by atoms with van der Waals surface area (Å²) in [6, 6.07) is 12.0. The van der Waals surface area contributed by atoms with Gasteiger partial charge in [-0.05, 0) is 24.5 Å². The summed E-state index contributed by atoms with van der Waals surface area (Å²) in [6.07, 6.45) is 2.61. The highest BCUT2D eigenvalue weighted by Gasteiger charge is 2.56. The molecule has 2 aliphatic rings. The number of nitro benzene ring substituents is 1. The Morgan fingerprint density at radius 2 is 1.85 bits per heavy atom. The van der Waals surface area contributed by atoms with Gasteiger partial charge in [-0.2, -0.15) is 4.72 Å². The number of nitro groups is 1. The molecule has 2 aromatic rings. The van der Waals surface area contributed by atoms with E-state index in [1.165, 1.54) is 24.1 Å². The zero-order valence-electron chi connectivity index (χ0n) is 18.6. The van der Waals surface area contributed by atoms with Gasteiger partial charge < -0.3 is 9.64 Å². The summed E-state index contributed by atoms with van der Waals surface area (Å²) in [4.78, 5) is 37.3. The van der Waals surface area contributed by atoms with Gasteiger partial charge in [-0.15, -0.1) is 0 Å². The Balaban J connectivity index is 1.57. The van der Waals surface area contributed by atoms with E-state index in [0.29, 0.717) is 12.8 Å². The number of esters is 1. The first-order chi connectivity index (χ1) is 16.2. The molecule has 180 valence electrons. The standard InChI is InChI=1S/C23H25N3O7S/c1-33-22(28)23(12-5-6-13-23)25-15-18(21(25)27)24-34(31,32)19-11-7-10-17(20(19)26(29)30)14-16-8-3-2-4-9-16/h2-4,7-11,18,24H,5-6,12-15H2,1H3/t18-/m0/s1. The van der Waals surface area contributed by atoms with Crippen LogP contribution in [0.4, 0.5) is 5.69 Å². The van der Waals surface area contributed by atoms with Crippen LogP contribution in [0, 0.1) is 10.1 Å². The monoisotopic (exact) mass is 487 g/mol. The number of sulfonamides is 1. The molecule has 0 spiro atoms. The second-order valence-electron chi connectivity index (χ2n) is 8.54. The third-order valence-corrected chi connectivity index (χ3v) is 8.03. The third kappa shape index (κ3) is 4.16. The highest BCUT2D eigenvalue weighted by atomic mass is 32.2. The van der Waals surface area contributed by atoms with Gasteiger partial charge >= 0.3 is 5.97 Å². The zero-order valence-corrected chi connectivity index (χ0v) is 19.4. The van der Waals surface area contributed by atoms with Crippen molar-refractivity contribution in [1.82, 2.24) is 9.62 Å². The van der Waals surface area contributed by atoms with Gasteiger partial charge in [-0.1, -0.05) is 55.3 Å². The number of carbonyl (C=O) groups excluding carboxylic acids is 2. The Morgan fingerprint density at radius 1 is 1.18 bits per heavy atom. The van der Waals surface area contributed by atoms with E-state index in [1.807, 2.05) is 6.07 Å². The van der Waals surface area contributed by atoms with Crippen LogP contribution in [0.25, 0.3) is 0 Å². The van der Waals surface area contributed by atoms with Crippen molar-refractivity contribution < 1.29 is 27.7 Å². The second kappa shape index (κ2) is 9.15. The number of likely N-dealkylation sites (tertiary alicyclic amines) is 1. The van der Waals surface area contributed by atoms with Crippen LogP contribution < -0.4 is 4.72 Å². The lowest BCUT2D eigenvalue weighted by molar-refractivity contribution is -0.388. The molecule has 11 heteroatoms. The number of hydrogen-bond acceptors (Lipinski definition) is 7. The van der Waals surface area contributed by atoms with Crippen LogP contribution in [0.1, 0.15) is 36.8 Å². The van der Waals surface area contributed by atoms with E-state index in [9.17, 15) is 28.1 Å². The van der Waals surface area contributed by atoms with E-state index in [4.69, 9.17) is 4.74 Å². The van der Waals surface area contributed by atoms with Gasteiger partial charge in [0.15, 0.2) is 4.90 Å². The van der Waals surface area contributed by atoms with Crippen LogP contribution >= 0.6 is 0 Å². The van der Waals surface area contributed by atoms with E-state index in [-0.39, 0.29) is 18.5 Å². The van der Waals surface area contributed by atoms with E-state index in [0.717, 1.165) is 24.5 Å². The normalized spacial score (nSPS) is 19.5. The first-order valence-corrected chi connectivity index (χ1v) is 12.4. The van der Waals surface area contributed by atoms with Crippen molar-refractivity contribution in [1.29, 1.82) is 0 Å². The average molecular weight is 488 g/mol. The number of benzene rings is 2. The van der Waals surface area contributed by atoms with Gasteiger partial charge in [0.25, 0.3) is 5.69 Å². The molecule has 0 bridgehead atoms. The van der Waals surface area contributed by atoms with E-state index < -0.39 is 49.0 Å². The number of para-hydroxylation sites is 1. The fourth-order valence-corrected chi connectivity index (χ4v) is 6.23. The summed E-state index contributed by atoms with van der Waals surface area (Å²) in [5.41, 5.74) is -0.557. The summed E-state index contributed by atoms with van der Waals surface area (Å²) >= 11 is 0. The average Bonchev–Trinajstić information content (AvgIpc) is 3.31. The first-order valence-electron chi connectivity index (χ1n) is 10.9. The number of carbonyl (C=O) groups is 2. The van der Waals surface area contributed by atoms with Crippen LogP contribution in [-0.2, 0) is 30.8 Å². The van der Waals surface area contributed by atoms with Gasteiger partial charge in [0.05, 0.1) is 12.0 Å². The minimum atomic E-state index is -4.39. The summed E-state index contributed by atoms with van der Waals surface area (Å²) in [5.74, 6) is -1.05. The Labute approximate surface area is 197 Å². The minimum absolute atomic E-state index is 0.00926. The van der Waals surface area contributed by atoms with Crippen LogP contribution in [-0.4, -0.2) is 55.4 Å². The molecule has 1 saturated heterocycles. The molecule has 1 heterocycles. The topological polar surface area (TPSA) is 136 Å². The molecule has 1 atom stereocenters. The number of nitrogens with one attached hydrogen (secondary N) is 1. The highest BCUT2D eigenvalue weighted by Crippen LogP contribution is 2.40. The molecule has 1 amide bonds. The fraction of sp³-hybridized carbons (Fsp3) is 0.391. The maximum atomic E-state index is 13.1. The van der Waals surface area contributed by atoms with E-state index >= 15 is 0 Å². The Morgan fingerprint density at radius 3 is 2.44 bits per heavy atom. The highest BCUT2D eigenvalue weighted by molar-refractivity contribution is 7.89.